The molecule has 0 aliphatic carbocycles. The quantitative estimate of drug-likeness (QED) is 0.855. The van der Waals surface area contributed by atoms with Crippen molar-refractivity contribution in [2.24, 2.45) is 0 Å². The van der Waals surface area contributed by atoms with Crippen LogP contribution in [-0.4, -0.2) is 6.54 Å². The predicted molar refractivity (Wildman–Crippen MR) is 74.3 cm³/mol. The van der Waals surface area contributed by atoms with Gasteiger partial charge in [0.25, 0.3) is 0 Å². The van der Waals surface area contributed by atoms with Gasteiger partial charge in [-0.1, -0.05) is 54.9 Å². The van der Waals surface area contributed by atoms with Crippen molar-refractivity contribution in [2.75, 3.05) is 6.54 Å². The smallest absolute Gasteiger partial charge is 0.0451 e. The van der Waals surface area contributed by atoms with Crippen LogP contribution in [0, 0.1) is 0 Å². The van der Waals surface area contributed by atoms with Crippen LogP contribution in [0.3, 0.4) is 0 Å². The van der Waals surface area contributed by atoms with Gasteiger partial charge in [-0.3, -0.25) is 0 Å². The highest BCUT2D eigenvalue weighted by Gasteiger charge is 2.03. The molecule has 1 nitrogen and oxygen atoms in total. The van der Waals surface area contributed by atoms with Crippen LogP contribution in [0.1, 0.15) is 12.5 Å². The van der Waals surface area contributed by atoms with E-state index in [2.05, 4.69) is 36.5 Å². The first-order chi connectivity index (χ1) is 8.31. The average Bonchev–Trinajstić information content (AvgIpc) is 2.39. The molecule has 17 heavy (non-hydrogen) atoms. The van der Waals surface area contributed by atoms with Gasteiger partial charge in [-0.2, -0.15) is 0 Å². The highest BCUT2D eigenvalue weighted by molar-refractivity contribution is 6.31. The zero-order valence-electron chi connectivity index (χ0n) is 9.91. The molecule has 2 heteroatoms. The molecule has 0 fully saturated rings. The molecular weight excluding hydrogens is 230 g/mol. The molecule has 2 aromatic carbocycles. The van der Waals surface area contributed by atoms with Gasteiger partial charge in [0.15, 0.2) is 0 Å². The molecule has 0 amide bonds. The Morgan fingerprint density at radius 2 is 1.76 bits per heavy atom. The van der Waals surface area contributed by atoms with Gasteiger partial charge >= 0.3 is 0 Å². The molecule has 0 unspecified atom stereocenters. The molecule has 2 aromatic rings. The summed E-state index contributed by atoms with van der Waals surface area (Å²) in [7, 11) is 0. The second kappa shape index (κ2) is 5.85. The summed E-state index contributed by atoms with van der Waals surface area (Å²) in [4.78, 5) is 0. The summed E-state index contributed by atoms with van der Waals surface area (Å²) >= 11 is 6.18. The van der Waals surface area contributed by atoms with Gasteiger partial charge in [-0.25, -0.2) is 0 Å². The van der Waals surface area contributed by atoms with E-state index < -0.39 is 0 Å². The maximum Gasteiger partial charge on any atom is 0.0451 e. The van der Waals surface area contributed by atoms with Crippen molar-refractivity contribution in [3.05, 3.63) is 59.1 Å². The Bertz CT molecular complexity index is 480. The first kappa shape index (κ1) is 12.2. The minimum Gasteiger partial charge on any atom is -0.313 e. The van der Waals surface area contributed by atoms with Crippen molar-refractivity contribution in [1.82, 2.24) is 5.32 Å². The van der Waals surface area contributed by atoms with Crippen molar-refractivity contribution in [1.29, 1.82) is 0 Å². The third kappa shape index (κ3) is 3.09. The van der Waals surface area contributed by atoms with Crippen molar-refractivity contribution in [3.63, 3.8) is 0 Å². The second-order valence-electron chi connectivity index (χ2n) is 3.95. The van der Waals surface area contributed by atoms with Crippen LogP contribution in [0.5, 0.6) is 0 Å². The van der Waals surface area contributed by atoms with Crippen LogP contribution in [0.25, 0.3) is 11.1 Å². The molecule has 0 atom stereocenters. The Kier molecular flexibility index (Phi) is 4.18. The SMILES string of the molecule is CCNCc1cc(-c2ccccc2)ccc1Cl. The molecule has 2 rings (SSSR count). The predicted octanol–water partition coefficient (Wildman–Crippen LogP) is 4.12. The van der Waals surface area contributed by atoms with E-state index in [0.717, 1.165) is 23.7 Å². The zero-order valence-corrected chi connectivity index (χ0v) is 10.7. The Morgan fingerprint density at radius 3 is 2.47 bits per heavy atom. The molecule has 0 radical (unpaired) electrons. The Morgan fingerprint density at radius 1 is 1.00 bits per heavy atom. The van der Waals surface area contributed by atoms with Gasteiger partial charge in [0.05, 0.1) is 0 Å². The highest BCUT2D eigenvalue weighted by atomic mass is 35.5. The first-order valence-corrected chi connectivity index (χ1v) is 6.23. The maximum absolute atomic E-state index is 6.18. The number of nitrogens with one attached hydrogen (secondary N) is 1. The van der Waals surface area contributed by atoms with Gasteiger partial charge < -0.3 is 5.32 Å². The lowest BCUT2D eigenvalue weighted by Gasteiger charge is -2.08. The molecule has 0 heterocycles. The number of rotatable bonds is 4. The molecule has 0 aromatic heterocycles. The molecule has 0 aliphatic heterocycles. The second-order valence-corrected chi connectivity index (χ2v) is 4.36. The van der Waals surface area contributed by atoms with Crippen molar-refractivity contribution in [3.8, 4) is 11.1 Å². The Balaban J connectivity index is 2.31. The van der Waals surface area contributed by atoms with Gasteiger partial charge in [0, 0.05) is 11.6 Å². The Hall–Kier alpha value is -1.31. The summed E-state index contributed by atoms with van der Waals surface area (Å²) in [6.07, 6.45) is 0. The van der Waals surface area contributed by atoms with Gasteiger partial charge in [0.1, 0.15) is 0 Å². The van der Waals surface area contributed by atoms with Crippen LogP contribution in [0.15, 0.2) is 48.5 Å². The monoisotopic (exact) mass is 245 g/mol. The normalized spacial score (nSPS) is 10.5. The minimum atomic E-state index is 0.815. The van der Waals surface area contributed by atoms with Crippen molar-refractivity contribution in [2.45, 2.75) is 13.5 Å². The van der Waals surface area contributed by atoms with Crippen LogP contribution in [0.2, 0.25) is 5.02 Å². The van der Waals surface area contributed by atoms with Crippen LogP contribution < -0.4 is 5.32 Å². The van der Waals surface area contributed by atoms with E-state index in [0.29, 0.717) is 0 Å². The number of benzene rings is 2. The van der Waals surface area contributed by atoms with Crippen LogP contribution in [-0.2, 0) is 6.54 Å². The molecule has 1 N–H and O–H groups in total. The van der Waals surface area contributed by atoms with Gasteiger partial charge in [-0.15, -0.1) is 0 Å². The summed E-state index contributed by atoms with van der Waals surface area (Å²) in [5.41, 5.74) is 3.58. The van der Waals surface area contributed by atoms with E-state index in [4.69, 9.17) is 11.6 Å². The number of halogens is 1. The largest absolute Gasteiger partial charge is 0.313 e. The standard InChI is InChI=1S/C15H16ClN/c1-2-17-11-14-10-13(8-9-15(14)16)12-6-4-3-5-7-12/h3-10,17H,2,11H2,1H3. The molecule has 88 valence electrons. The molecule has 0 aliphatic rings. The Labute approximate surface area is 107 Å². The third-order valence-electron chi connectivity index (χ3n) is 2.72. The minimum absolute atomic E-state index is 0.815. The molecular formula is C15H16ClN. The molecule has 0 saturated heterocycles. The van der Waals surface area contributed by atoms with E-state index >= 15 is 0 Å². The first-order valence-electron chi connectivity index (χ1n) is 5.86. The van der Waals surface area contributed by atoms with Crippen LogP contribution >= 0.6 is 11.6 Å². The van der Waals surface area contributed by atoms with Gasteiger partial charge in [-0.05, 0) is 35.4 Å². The summed E-state index contributed by atoms with van der Waals surface area (Å²) in [5.74, 6) is 0. The fraction of sp³-hybridized carbons (Fsp3) is 0.200. The van der Waals surface area contributed by atoms with E-state index in [1.807, 2.05) is 24.3 Å². The summed E-state index contributed by atoms with van der Waals surface area (Å²) in [5, 5.41) is 4.12. The summed E-state index contributed by atoms with van der Waals surface area (Å²) in [6.45, 7) is 3.86. The fourth-order valence-corrected chi connectivity index (χ4v) is 1.96. The summed E-state index contributed by atoms with van der Waals surface area (Å²) in [6, 6.07) is 16.5. The number of hydrogen-bond donors (Lipinski definition) is 1. The lowest BCUT2D eigenvalue weighted by Crippen LogP contribution is -2.12. The van der Waals surface area contributed by atoms with Crippen LogP contribution in [0.4, 0.5) is 0 Å². The zero-order chi connectivity index (χ0) is 12.1. The lowest BCUT2D eigenvalue weighted by molar-refractivity contribution is 0.727. The molecule has 0 spiro atoms. The average molecular weight is 246 g/mol. The van der Waals surface area contributed by atoms with E-state index in [1.54, 1.807) is 0 Å². The van der Waals surface area contributed by atoms with Crippen molar-refractivity contribution < 1.29 is 0 Å². The molecule has 0 bridgehead atoms. The lowest BCUT2D eigenvalue weighted by atomic mass is 10.0. The highest BCUT2D eigenvalue weighted by Crippen LogP contribution is 2.24. The third-order valence-corrected chi connectivity index (χ3v) is 3.09. The maximum atomic E-state index is 6.18. The van der Waals surface area contributed by atoms with E-state index in [9.17, 15) is 0 Å². The fourth-order valence-electron chi connectivity index (χ4n) is 1.78. The van der Waals surface area contributed by atoms with Crippen molar-refractivity contribution >= 4 is 11.6 Å². The van der Waals surface area contributed by atoms with E-state index in [1.165, 1.54) is 11.1 Å². The number of hydrogen-bond acceptors (Lipinski definition) is 1. The van der Waals surface area contributed by atoms with Gasteiger partial charge in [0.2, 0.25) is 0 Å². The van der Waals surface area contributed by atoms with E-state index in [-0.39, 0.29) is 0 Å². The topological polar surface area (TPSA) is 12.0 Å². The summed E-state index contributed by atoms with van der Waals surface area (Å²) < 4.78 is 0. The molecule has 0 saturated carbocycles.